The van der Waals surface area contributed by atoms with E-state index in [0.29, 0.717) is 18.3 Å². The van der Waals surface area contributed by atoms with Crippen molar-refractivity contribution in [2.75, 3.05) is 23.4 Å². The van der Waals surface area contributed by atoms with Crippen LogP contribution in [-0.4, -0.2) is 48.8 Å². The Morgan fingerprint density at radius 1 is 1.33 bits per heavy atom. The summed E-state index contributed by atoms with van der Waals surface area (Å²) in [7, 11) is 0. The van der Waals surface area contributed by atoms with Gasteiger partial charge in [0, 0.05) is 31.5 Å². The predicted octanol–water partition coefficient (Wildman–Crippen LogP) is 2.38. The first-order valence-corrected chi connectivity index (χ1v) is 9.42. The fourth-order valence-corrected chi connectivity index (χ4v) is 3.51. The van der Waals surface area contributed by atoms with Crippen LogP contribution in [0.25, 0.3) is 11.2 Å². The summed E-state index contributed by atoms with van der Waals surface area (Å²) < 4.78 is 2.06. The van der Waals surface area contributed by atoms with Crippen LogP contribution >= 0.6 is 0 Å². The van der Waals surface area contributed by atoms with Gasteiger partial charge in [-0.25, -0.2) is 4.98 Å². The topological polar surface area (TPSA) is 92.0 Å². The molecule has 0 bridgehead atoms. The molecule has 1 atom stereocenters. The lowest BCUT2D eigenvalue weighted by Crippen LogP contribution is -2.33. The number of nitrogens with zero attached hydrogens (tertiary/aromatic N) is 6. The van der Waals surface area contributed by atoms with E-state index < -0.39 is 0 Å². The molecule has 3 aromatic heterocycles. The number of anilines is 2. The van der Waals surface area contributed by atoms with Gasteiger partial charge in [0.05, 0.1) is 19.0 Å². The van der Waals surface area contributed by atoms with E-state index in [4.69, 9.17) is 9.97 Å². The molecule has 8 nitrogen and oxygen atoms in total. The molecule has 0 saturated carbocycles. The van der Waals surface area contributed by atoms with Crippen LogP contribution in [-0.2, 0) is 6.54 Å². The minimum absolute atomic E-state index is 0.0732. The minimum Gasteiger partial charge on any atom is -0.394 e. The Labute approximate surface area is 158 Å². The van der Waals surface area contributed by atoms with E-state index in [9.17, 15) is 5.11 Å². The molecule has 0 spiro atoms. The Hall–Kier alpha value is -2.74. The van der Waals surface area contributed by atoms with E-state index in [1.54, 1.807) is 6.20 Å². The molecule has 3 aromatic rings. The Balaban J connectivity index is 1.74. The number of rotatable bonds is 6. The molecule has 4 heterocycles. The lowest BCUT2D eigenvalue weighted by atomic mass is 10.2. The molecule has 8 heteroatoms. The molecule has 1 saturated heterocycles. The number of aliphatic hydroxyl groups excluding tert-OH is 1. The smallest absolute Gasteiger partial charge is 0.229 e. The summed E-state index contributed by atoms with van der Waals surface area (Å²) in [5.74, 6) is 1.36. The molecule has 1 aliphatic heterocycles. The van der Waals surface area contributed by atoms with Crippen LogP contribution < -0.4 is 10.2 Å². The van der Waals surface area contributed by atoms with Gasteiger partial charge in [0.25, 0.3) is 0 Å². The molecule has 0 aromatic carbocycles. The normalized spacial score (nSPS) is 17.2. The molecular formula is C19H25N7O. The zero-order chi connectivity index (χ0) is 18.8. The van der Waals surface area contributed by atoms with Gasteiger partial charge < -0.3 is 19.9 Å². The van der Waals surface area contributed by atoms with Crippen LogP contribution in [0.1, 0.15) is 38.3 Å². The van der Waals surface area contributed by atoms with Crippen molar-refractivity contribution in [1.29, 1.82) is 0 Å². The minimum atomic E-state index is 0.0732. The lowest BCUT2D eigenvalue weighted by molar-refractivity contribution is 0.265. The second-order valence-electron chi connectivity index (χ2n) is 7.18. The highest BCUT2D eigenvalue weighted by atomic mass is 16.3. The summed E-state index contributed by atoms with van der Waals surface area (Å²) in [5.41, 5.74) is 2.65. The van der Waals surface area contributed by atoms with E-state index >= 15 is 0 Å². The lowest BCUT2D eigenvalue weighted by Gasteiger charge is -2.23. The second kappa shape index (κ2) is 7.48. The Morgan fingerprint density at radius 2 is 2.22 bits per heavy atom. The molecular weight excluding hydrogens is 342 g/mol. The zero-order valence-electron chi connectivity index (χ0n) is 15.7. The zero-order valence-corrected chi connectivity index (χ0v) is 15.7. The molecule has 1 unspecified atom stereocenters. The van der Waals surface area contributed by atoms with Gasteiger partial charge in [-0.15, -0.1) is 0 Å². The van der Waals surface area contributed by atoms with E-state index in [0.717, 1.165) is 36.1 Å². The van der Waals surface area contributed by atoms with Crippen LogP contribution in [0.15, 0.2) is 30.9 Å². The predicted molar refractivity (Wildman–Crippen MR) is 105 cm³/mol. The first kappa shape index (κ1) is 17.7. The van der Waals surface area contributed by atoms with Gasteiger partial charge in [0.15, 0.2) is 17.0 Å². The van der Waals surface area contributed by atoms with Crippen molar-refractivity contribution in [2.45, 2.75) is 45.3 Å². The van der Waals surface area contributed by atoms with Gasteiger partial charge in [0.1, 0.15) is 0 Å². The molecule has 0 radical (unpaired) electrons. The standard InChI is InChI=1S/C19H25N7O/c1-13(2)26-12-22-16-17(21-10-14-5-3-7-20-9-14)23-19(24-18(16)26)25-8-4-6-15(25)11-27/h3,5,7,9,12-13,15,27H,4,6,8,10-11H2,1-2H3,(H,21,23,24). The number of hydrogen-bond donors (Lipinski definition) is 2. The fourth-order valence-electron chi connectivity index (χ4n) is 3.51. The van der Waals surface area contributed by atoms with Gasteiger partial charge in [-0.2, -0.15) is 9.97 Å². The highest BCUT2D eigenvalue weighted by Crippen LogP contribution is 2.28. The Kier molecular flexibility index (Phi) is 4.89. The summed E-state index contributed by atoms with van der Waals surface area (Å²) in [6, 6.07) is 4.26. The molecule has 2 N–H and O–H groups in total. The average Bonchev–Trinajstić information content (AvgIpc) is 3.33. The van der Waals surface area contributed by atoms with E-state index in [2.05, 4.69) is 38.6 Å². The third kappa shape index (κ3) is 3.44. The van der Waals surface area contributed by atoms with Crippen LogP contribution in [0.3, 0.4) is 0 Å². The third-order valence-electron chi connectivity index (χ3n) is 4.99. The maximum Gasteiger partial charge on any atom is 0.229 e. The number of pyridine rings is 1. The average molecular weight is 367 g/mol. The van der Waals surface area contributed by atoms with Gasteiger partial charge >= 0.3 is 0 Å². The van der Waals surface area contributed by atoms with Gasteiger partial charge in [-0.1, -0.05) is 6.07 Å². The number of aromatic nitrogens is 5. The molecule has 142 valence electrons. The largest absolute Gasteiger partial charge is 0.394 e. The van der Waals surface area contributed by atoms with Gasteiger partial charge in [0.2, 0.25) is 5.95 Å². The molecule has 1 fully saturated rings. The quantitative estimate of drug-likeness (QED) is 0.691. The van der Waals surface area contributed by atoms with E-state index in [-0.39, 0.29) is 18.7 Å². The first-order chi connectivity index (χ1) is 13.2. The van der Waals surface area contributed by atoms with Crippen LogP contribution in [0.2, 0.25) is 0 Å². The van der Waals surface area contributed by atoms with Crippen LogP contribution in [0.5, 0.6) is 0 Å². The number of imidazole rings is 1. The summed E-state index contributed by atoms with van der Waals surface area (Å²) in [6.45, 7) is 5.80. The molecule has 0 amide bonds. The van der Waals surface area contributed by atoms with Crippen molar-refractivity contribution in [3.05, 3.63) is 36.4 Å². The monoisotopic (exact) mass is 367 g/mol. The van der Waals surface area contributed by atoms with Gasteiger partial charge in [-0.05, 0) is 38.3 Å². The molecule has 1 aliphatic rings. The summed E-state index contributed by atoms with van der Waals surface area (Å²) in [5, 5.41) is 13.1. The van der Waals surface area contributed by atoms with Crippen molar-refractivity contribution < 1.29 is 5.11 Å². The number of nitrogens with one attached hydrogen (secondary N) is 1. The van der Waals surface area contributed by atoms with Crippen LogP contribution in [0.4, 0.5) is 11.8 Å². The van der Waals surface area contributed by atoms with Crippen LogP contribution in [0, 0.1) is 0 Å². The molecule has 0 aliphatic carbocycles. The highest BCUT2D eigenvalue weighted by molar-refractivity contribution is 5.84. The summed E-state index contributed by atoms with van der Waals surface area (Å²) in [6.07, 6.45) is 7.41. The second-order valence-corrected chi connectivity index (χ2v) is 7.18. The third-order valence-corrected chi connectivity index (χ3v) is 4.99. The SMILES string of the molecule is CC(C)n1cnc2c(NCc3cccnc3)nc(N3CCCC3CO)nc21. The summed E-state index contributed by atoms with van der Waals surface area (Å²) in [4.78, 5) is 20.4. The highest BCUT2D eigenvalue weighted by Gasteiger charge is 2.27. The maximum atomic E-state index is 9.70. The number of aliphatic hydroxyl groups is 1. The number of hydrogen-bond acceptors (Lipinski definition) is 7. The summed E-state index contributed by atoms with van der Waals surface area (Å²) >= 11 is 0. The van der Waals surface area contributed by atoms with Crippen molar-refractivity contribution in [2.24, 2.45) is 0 Å². The first-order valence-electron chi connectivity index (χ1n) is 9.42. The van der Waals surface area contributed by atoms with Crippen molar-refractivity contribution in [3.63, 3.8) is 0 Å². The number of fused-ring (bicyclic) bond motifs is 1. The Morgan fingerprint density at radius 3 is 2.96 bits per heavy atom. The van der Waals surface area contributed by atoms with Crippen molar-refractivity contribution in [3.8, 4) is 0 Å². The molecule has 4 rings (SSSR count). The van der Waals surface area contributed by atoms with E-state index in [1.807, 2.05) is 24.7 Å². The fraction of sp³-hybridized carbons (Fsp3) is 0.474. The molecule has 27 heavy (non-hydrogen) atoms. The maximum absolute atomic E-state index is 9.70. The Bertz CT molecular complexity index is 909. The van der Waals surface area contributed by atoms with Crippen molar-refractivity contribution in [1.82, 2.24) is 24.5 Å². The van der Waals surface area contributed by atoms with Crippen molar-refractivity contribution >= 4 is 22.9 Å². The van der Waals surface area contributed by atoms with Gasteiger partial charge in [-0.3, -0.25) is 4.98 Å². The van der Waals surface area contributed by atoms with E-state index in [1.165, 1.54) is 0 Å².